The van der Waals surface area contributed by atoms with Crippen molar-refractivity contribution in [2.75, 3.05) is 5.32 Å². The van der Waals surface area contributed by atoms with Crippen LogP contribution < -0.4 is 16.4 Å². The third kappa shape index (κ3) is 6.24. The Morgan fingerprint density at radius 3 is 2.29 bits per heavy atom. The van der Waals surface area contributed by atoms with Crippen molar-refractivity contribution < 1.29 is 23.9 Å². The smallest absolute Gasteiger partial charge is 0.308 e. The summed E-state index contributed by atoms with van der Waals surface area (Å²) in [6, 6.07) is 14.1. The fraction of sp³-hybridized carbons (Fsp3) is 0.200. The number of carbonyl (C=O) groups excluding carboxylic acids is 4. The summed E-state index contributed by atoms with van der Waals surface area (Å²) in [6.45, 7) is 1.36. The molecule has 3 amide bonds. The summed E-state index contributed by atoms with van der Waals surface area (Å²) in [4.78, 5) is 47.5. The maximum atomic E-state index is 12.5. The Hall–Kier alpha value is -3.68. The fourth-order valence-corrected chi connectivity index (χ4v) is 2.40. The molecule has 1 atom stereocenters. The van der Waals surface area contributed by atoms with Crippen molar-refractivity contribution in [3.8, 4) is 0 Å². The topological polar surface area (TPSA) is 128 Å². The van der Waals surface area contributed by atoms with Gasteiger partial charge in [-0.2, -0.15) is 0 Å². The number of para-hydroxylation sites is 1. The minimum atomic E-state index is -1.25. The maximum Gasteiger partial charge on any atom is 0.308 e. The summed E-state index contributed by atoms with van der Waals surface area (Å²) >= 11 is 0. The average Bonchev–Trinajstić information content (AvgIpc) is 2.66. The van der Waals surface area contributed by atoms with Crippen LogP contribution in [-0.4, -0.2) is 29.7 Å². The Labute approximate surface area is 162 Å². The number of nitrogens with one attached hydrogen (secondary N) is 2. The van der Waals surface area contributed by atoms with Crippen LogP contribution in [0.5, 0.6) is 0 Å². The number of esters is 1. The molecule has 0 saturated heterocycles. The zero-order valence-electron chi connectivity index (χ0n) is 15.3. The molecule has 0 heterocycles. The second-order valence-electron chi connectivity index (χ2n) is 6.01. The van der Waals surface area contributed by atoms with Crippen LogP contribution in [0, 0.1) is 0 Å². The number of hydrogen-bond acceptors (Lipinski definition) is 5. The van der Waals surface area contributed by atoms with Gasteiger partial charge in [-0.3, -0.25) is 19.2 Å². The van der Waals surface area contributed by atoms with E-state index in [0.717, 1.165) is 5.56 Å². The van der Waals surface area contributed by atoms with Crippen LogP contribution in [0.25, 0.3) is 0 Å². The molecule has 0 bridgehead atoms. The van der Waals surface area contributed by atoms with Gasteiger partial charge in [-0.1, -0.05) is 42.5 Å². The van der Waals surface area contributed by atoms with Crippen LogP contribution in [0.4, 0.5) is 5.69 Å². The van der Waals surface area contributed by atoms with Gasteiger partial charge < -0.3 is 21.1 Å². The van der Waals surface area contributed by atoms with E-state index >= 15 is 0 Å². The number of nitrogens with two attached hydrogens (primary N) is 1. The summed E-state index contributed by atoms with van der Waals surface area (Å²) in [7, 11) is 0. The Bertz CT molecular complexity index is 867. The first-order chi connectivity index (χ1) is 13.4. The van der Waals surface area contributed by atoms with Gasteiger partial charge in [0.05, 0.1) is 17.7 Å². The Kier molecular flexibility index (Phi) is 7.27. The van der Waals surface area contributed by atoms with Crippen LogP contribution in [0.1, 0.15) is 29.3 Å². The van der Waals surface area contributed by atoms with Gasteiger partial charge in [-0.25, -0.2) is 0 Å². The highest BCUT2D eigenvalue weighted by Gasteiger charge is 2.24. The van der Waals surface area contributed by atoms with Gasteiger partial charge in [0, 0.05) is 6.92 Å². The van der Waals surface area contributed by atoms with Gasteiger partial charge in [0.25, 0.3) is 5.91 Å². The molecule has 8 nitrogen and oxygen atoms in total. The summed E-state index contributed by atoms with van der Waals surface area (Å²) in [6.07, 6.45) is -0.407. The molecule has 0 unspecified atom stereocenters. The van der Waals surface area contributed by atoms with Crippen LogP contribution in [0.3, 0.4) is 0 Å². The second-order valence-corrected chi connectivity index (χ2v) is 6.01. The third-order valence-electron chi connectivity index (χ3n) is 3.74. The standard InChI is InChI=1S/C20H21N3O5/c1-13(24)22-16-10-6-5-9-15(16)20(27)23-17(19(21)26)11-18(25)28-12-14-7-3-2-4-8-14/h2-10,17H,11-12H2,1H3,(H2,21,26)(H,22,24)(H,23,27)/t17-/m1/s1. The monoisotopic (exact) mass is 383 g/mol. The van der Waals surface area contributed by atoms with E-state index in [2.05, 4.69) is 10.6 Å². The summed E-state index contributed by atoms with van der Waals surface area (Å²) in [5, 5.41) is 4.94. The van der Waals surface area contributed by atoms with Crippen LogP contribution >= 0.6 is 0 Å². The molecule has 28 heavy (non-hydrogen) atoms. The lowest BCUT2D eigenvalue weighted by Gasteiger charge is -2.16. The molecule has 0 radical (unpaired) electrons. The van der Waals surface area contributed by atoms with Gasteiger partial charge in [0.15, 0.2) is 0 Å². The molecule has 0 spiro atoms. The largest absolute Gasteiger partial charge is 0.461 e. The minimum absolute atomic E-state index is 0.0461. The Morgan fingerprint density at radius 1 is 1.00 bits per heavy atom. The summed E-state index contributed by atoms with van der Waals surface area (Å²) in [5.41, 5.74) is 6.52. The molecule has 146 valence electrons. The lowest BCUT2D eigenvalue weighted by Crippen LogP contribution is -2.46. The van der Waals surface area contributed by atoms with E-state index in [1.807, 2.05) is 18.2 Å². The van der Waals surface area contributed by atoms with E-state index < -0.39 is 30.2 Å². The zero-order chi connectivity index (χ0) is 20.5. The van der Waals surface area contributed by atoms with Crippen LogP contribution in [0.2, 0.25) is 0 Å². The van der Waals surface area contributed by atoms with Crippen molar-refractivity contribution in [3.05, 3.63) is 65.7 Å². The Morgan fingerprint density at radius 2 is 1.64 bits per heavy atom. The highest BCUT2D eigenvalue weighted by molar-refractivity contribution is 6.05. The van der Waals surface area contributed by atoms with E-state index in [9.17, 15) is 19.2 Å². The van der Waals surface area contributed by atoms with Crippen molar-refractivity contribution in [1.82, 2.24) is 5.32 Å². The molecule has 0 aliphatic carbocycles. The molecule has 2 rings (SSSR count). The van der Waals surface area contributed by atoms with Gasteiger partial charge in [0.2, 0.25) is 11.8 Å². The molecule has 0 fully saturated rings. The lowest BCUT2D eigenvalue weighted by molar-refractivity contribution is -0.146. The highest BCUT2D eigenvalue weighted by atomic mass is 16.5. The maximum absolute atomic E-state index is 12.5. The number of carbonyl (C=O) groups is 4. The van der Waals surface area contributed by atoms with Gasteiger partial charge >= 0.3 is 5.97 Å². The number of benzene rings is 2. The van der Waals surface area contributed by atoms with E-state index in [0.29, 0.717) is 0 Å². The normalized spacial score (nSPS) is 11.2. The van der Waals surface area contributed by atoms with Crippen molar-refractivity contribution in [2.24, 2.45) is 5.73 Å². The molecule has 2 aromatic carbocycles. The SMILES string of the molecule is CC(=O)Nc1ccccc1C(=O)N[C@H](CC(=O)OCc1ccccc1)C(N)=O. The summed E-state index contributed by atoms with van der Waals surface area (Å²) < 4.78 is 5.12. The lowest BCUT2D eigenvalue weighted by atomic mass is 10.1. The molecule has 2 aromatic rings. The predicted molar refractivity (Wildman–Crippen MR) is 102 cm³/mol. The number of rotatable bonds is 8. The van der Waals surface area contributed by atoms with Crippen LogP contribution in [-0.2, 0) is 25.7 Å². The number of hydrogen-bond donors (Lipinski definition) is 3. The summed E-state index contributed by atoms with van der Waals surface area (Å²) in [5.74, 6) is -2.55. The molecule has 4 N–H and O–H groups in total. The number of primary amides is 1. The highest BCUT2D eigenvalue weighted by Crippen LogP contribution is 2.15. The number of ether oxygens (including phenoxy) is 1. The van der Waals surface area contributed by atoms with Crippen molar-refractivity contribution in [2.45, 2.75) is 26.0 Å². The van der Waals surface area contributed by atoms with Crippen molar-refractivity contribution in [1.29, 1.82) is 0 Å². The van der Waals surface area contributed by atoms with Gasteiger partial charge in [-0.05, 0) is 17.7 Å². The number of anilines is 1. The second kappa shape index (κ2) is 9.86. The fourth-order valence-electron chi connectivity index (χ4n) is 2.40. The first-order valence-electron chi connectivity index (χ1n) is 8.53. The molecule has 0 aliphatic rings. The number of amides is 3. The van der Waals surface area contributed by atoms with E-state index in [-0.39, 0.29) is 23.8 Å². The molecule has 0 aromatic heterocycles. The zero-order valence-corrected chi connectivity index (χ0v) is 15.3. The molecular formula is C20H21N3O5. The van der Waals surface area contributed by atoms with Crippen LogP contribution in [0.15, 0.2) is 54.6 Å². The van der Waals surface area contributed by atoms with Crippen molar-refractivity contribution >= 4 is 29.4 Å². The van der Waals surface area contributed by atoms with Gasteiger partial charge in [0.1, 0.15) is 12.6 Å². The first-order valence-corrected chi connectivity index (χ1v) is 8.53. The predicted octanol–water partition coefficient (Wildman–Crippen LogP) is 1.36. The third-order valence-corrected chi connectivity index (χ3v) is 3.74. The molecule has 8 heteroatoms. The Balaban J connectivity index is 2.00. The molecular weight excluding hydrogens is 362 g/mol. The molecule has 0 aliphatic heterocycles. The average molecular weight is 383 g/mol. The quantitative estimate of drug-likeness (QED) is 0.593. The minimum Gasteiger partial charge on any atom is -0.461 e. The van der Waals surface area contributed by atoms with Crippen molar-refractivity contribution in [3.63, 3.8) is 0 Å². The first kappa shape index (κ1) is 20.6. The van der Waals surface area contributed by atoms with Gasteiger partial charge in [-0.15, -0.1) is 0 Å². The van der Waals surface area contributed by atoms with E-state index in [1.54, 1.807) is 30.3 Å². The van der Waals surface area contributed by atoms with E-state index in [4.69, 9.17) is 10.5 Å². The molecule has 0 saturated carbocycles. The van der Waals surface area contributed by atoms with E-state index in [1.165, 1.54) is 13.0 Å².